The average molecular weight is 252 g/mol. The van der Waals surface area contributed by atoms with E-state index in [9.17, 15) is 4.79 Å². The highest BCUT2D eigenvalue weighted by Gasteiger charge is 2.21. The van der Waals surface area contributed by atoms with Crippen LogP contribution in [0, 0.1) is 0 Å². The van der Waals surface area contributed by atoms with Crippen molar-refractivity contribution in [3.05, 3.63) is 18.2 Å². The fraction of sp³-hybridized carbons (Fsp3) is 0.692. The molecule has 0 aromatic carbocycles. The molecule has 1 N–H and O–H groups in total. The maximum Gasteiger partial charge on any atom is 0.245 e. The number of rotatable bonds is 6. The molecule has 1 heterocycles. The number of nitrogens with one attached hydrogen (secondary N) is 1. The predicted octanol–water partition coefficient (Wildman–Crippen LogP) is 1.25. The fourth-order valence-corrected chi connectivity index (χ4v) is 1.93. The van der Waals surface area contributed by atoms with Gasteiger partial charge in [0.1, 0.15) is 11.9 Å². The van der Waals surface area contributed by atoms with Crippen molar-refractivity contribution in [3.63, 3.8) is 0 Å². The van der Waals surface area contributed by atoms with E-state index in [1.54, 1.807) is 11.1 Å². The molecule has 0 saturated carbocycles. The van der Waals surface area contributed by atoms with Crippen LogP contribution in [-0.4, -0.2) is 47.5 Å². The molecule has 1 rings (SSSR count). The quantitative estimate of drug-likeness (QED) is 0.829. The molecule has 18 heavy (non-hydrogen) atoms. The Hall–Kier alpha value is -1.36. The van der Waals surface area contributed by atoms with Crippen molar-refractivity contribution in [2.24, 2.45) is 0 Å². The third kappa shape index (κ3) is 3.32. The van der Waals surface area contributed by atoms with E-state index in [0.717, 1.165) is 12.4 Å². The van der Waals surface area contributed by atoms with Crippen molar-refractivity contribution < 1.29 is 4.79 Å². The number of amides is 1. The van der Waals surface area contributed by atoms with E-state index in [0.29, 0.717) is 12.5 Å². The largest absolute Gasteiger partial charge is 0.343 e. The third-order valence-corrected chi connectivity index (χ3v) is 3.06. The molecule has 0 unspecified atom stereocenters. The van der Waals surface area contributed by atoms with Crippen molar-refractivity contribution in [1.29, 1.82) is 0 Å². The van der Waals surface area contributed by atoms with Gasteiger partial charge >= 0.3 is 0 Å². The molecule has 0 spiro atoms. The zero-order valence-electron chi connectivity index (χ0n) is 12.0. The van der Waals surface area contributed by atoms with Gasteiger partial charge in [0.15, 0.2) is 0 Å². The van der Waals surface area contributed by atoms with E-state index in [1.807, 2.05) is 31.8 Å². The van der Waals surface area contributed by atoms with E-state index < -0.39 is 0 Å². The lowest BCUT2D eigenvalue weighted by Crippen LogP contribution is -2.37. The highest BCUT2D eigenvalue weighted by Crippen LogP contribution is 2.18. The number of likely N-dealkylation sites (N-methyl/N-ethyl adjacent to an activating group) is 2. The average Bonchev–Trinajstić information content (AvgIpc) is 2.83. The number of hydrogen-bond donors (Lipinski definition) is 1. The predicted molar refractivity (Wildman–Crippen MR) is 72.6 cm³/mol. The Morgan fingerprint density at radius 3 is 2.72 bits per heavy atom. The first-order valence-electron chi connectivity index (χ1n) is 6.41. The topological polar surface area (TPSA) is 50.2 Å². The summed E-state index contributed by atoms with van der Waals surface area (Å²) in [7, 11) is 3.72. The first-order chi connectivity index (χ1) is 8.49. The van der Waals surface area contributed by atoms with Gasteiger partial charge in [-0.15, -0.1) is 0 Å². The molecular formula is C13H24N4O. The Labute approximate surface area is 109 Å². The summed E-state index contributed by atoms with van der Waals surface area (Å²) in [4.78, 5) is 18.3. The highest BCUT2D eigenvalue weighted by atomic mass is 16.2. The van der Waals surface area contributed by atoms with Gasteiger partial charge in [-0.1, -0.05) is 13.8 Å². The highest BCUT2D eigenvalue weighted by molar-refractivity contribution is 5.79. The molecule has 1 aromatic heterocycles. The molecule has 0 aliphatic heterocycles. The lowest BCUT2D eigenvalue weighted by molar-refractivity contribution is -0.132. The van der Waals surface area contributed by atoms with Crippen molar-refractivity contribution in [2.45, 2.75) is 32.7 Å². The zero-order valence-corrected chi connectivity index (χ0v) is 12.0. The molecule has 0 aliphatic carbocycles. The van der Waals surface area contributed by atoms with E-state index in [1.165, 1.54) is 0 Å². The molecule has 0 bridgehead atoms. The van der Waals surface area contributed by atoms with Crippen molar-refractivity contribution in [2.75, 3.05) is 27.2 Å². The molecule has 0 fully saturated rings. The second-order valence-electron chi connectivity index (χ2n) is 4.89. The summed E-state index contributed by atoms with van der Waals surface area (Å²) >= 11 is 0. The minimum Gasteiger partial charge on any atom is -0.343 e. The first-order valence-corrected chi connectivity index (χ1v) is 6.41. The summed E-state index contributed by atoms with van der Waals surface area (Å²) in [5, 5.41) is 3.04. The number of nitrogens with zero attached hydrogens (tertiary/aromatic N) is 3. The maximum atomic E-state index is 12.3. The Balaban J connectivity index is 2.76. The molecule has 0 saturated heterocycles. The minimum absolute atomic E-state index is 0.116. The number of carbonyl (C=O) groups is 1. The van der Waals surface area contributed by atoms with Crippen molar-refractivity contribution in [3.8, 4) is 0 Å². The molecule has 1 atom stereocenters. The summed E-state index contributed by atoms with van der Waals surface area (Å²) in [6.45, 7) is 7.61. The van der Waals surface area contributed by atoms with E-state index >= 15 is 0 Å². The second kappa shape index (κ2) is 6.54. The SMILES string of the molecule is CNCCN(C)C(=O)[C@H](C)n1ccnc1C(C)C. The molecular weight excluding hydrogens is 228 g/mol. The lowest BCUT2D eigenvalue weighted by Gasteiger charge is -2.23. The number of imidazole rings is 1. The number of carbonyl (C=O) groups excluding carboxylic acids is 1. The van der Waals surface area contributed by atoms with Gasteiger partial charge in [0.05, 0.1) is 0 Å². The van der Waals surface area contributed by atoms with Gasteiger partial charge < -0.3 is 14.8 Å². The van der Waals surface area contributed by atoms with Gasteiger partial charge in [0, 0.05) is 38.4 Å². The van der Waals surface area contributed by atoms with Crippen molar-refractivity contribution >= 4 is 5.91 Å². The van der Waals surface area contributed by atoms with Gasteiger partial charge in [-0.2, -0.15) is 0 Å². The standard InChI is InChI=1S/C13H24N4O/c1-10(2)12-15-7-9-17(12)11(3)13(18)16(5)8-6-14-4/h7,9-11,14H,6,8H2,1-5H3/t11-/m0/s1. The summed E-state index contributed by atoms with van der Waals surface area (Å²) in [5.74, 6) is 1.39. The summed E-state index contributed by atoms with van der Waals surface area (Å²) in [6.07, 6.45) is 3.64. The van der Waals surface area contributed by atoms with Crippen LogP contribution in [0.2, 0.25) is 0 Å². The normalized spacial score (nSPS) is 12.8. The minimum atomic E-state index is -0.202. The Morgan fingerprint density at radius 1 is 1.50 bits per heavy atom. The van der Waals surface area contributed by atoms with E-state index in [-0.39, 0.29) is 11.9 Å². The zero-order chi connectivity index (χ0) is 13.7. The van der Waals surface area contributed by atoms with E-state index in [4.69, 9.17) is 0 Å². The number of aromatic nitrogens is 2. The van der Waals surface area contributed by atoms with Gasteiger partial charge in [-0.05, 0) is 14.0 Å². The van der Waals surface area contributed by atoms with Gasteiger partial charge in [-0.3, -0.25) is 4.79 Å². The van der Waals surface area contributed by atoms with Crippen LogP contribution >= 0.6 is 0 Å². The van der Waals surface area contributed by atoms with Crippen LogP contribution < -0.4 is 5.32 Å². The molecule has 0 aliphatic rings. The van der Waals surface area contributed by atoms with Crippen molar-refractivity contribution in [1.82, 2.24) is 19.8 Å². The van der Waals surface area contributed by atoms with Crippen LogP contribution in [0.3, 0.4) is 0 Å². The molecule has 5 nitrogen and oxygen atoms in total. The monoisotopic (exact) mass is 252 g/mol. The smallest absolute Gasteiger partial charge is 0.245 e. The fourth-order valence-electron chi connectivity index (χ4n) is 1.93. The Bertz CT molecular complexity index is 386. The van der Waals surface area contributed by atoms with Crippen LogP contribution in [0.1, 0.15) is 38.6 Å². The summed E-state index contributed by atoms with van der Waals surface area (Å²) in [6, 6.07) is -0.202. The Kier molecular flexibility index (Phi) is 5.34. The third-order valence-electron chi connectivity index (χ3n) is 3.06. The molecule has 102 valence electrons. The van der Waals surface area contributed by atoms with Crippen LogP contribution in [0.25, 0.3) is 0 Å². The second-order valence-corrected chi connectivity index (χ2v) is 4.89. The molecule has 5 heteroatoms. The first kappa shape index (κ1) is 14.7. The van der Waals surface area contributed by atoms with Gasteiger partial charge in [0.25, 0.3) is 0 Å². The van der Waals surface area contributed by atoms with E-state index in [2.05, 4.69) is 24.1 Å². The van der Waals surface area contributed by atoms with Gasteiger partial charge in [-0.25, -0.2) is 4.98 Å². The molecule has 0 radical (unpaired) electrons. The maximum absolute atomic E-state index is 12.3. The van der Waals surface area contributed by atoms with Crippen LogP contribution in [0.5, 0.6) is 0 Å². The van der Waals surface area contributed by atoms with Crippen LogP contribution in [-0.2, 0) is 4.79 Å². The Morgan fingerprint density at radius 2 is 2.17 bits per heavy atom. The van der Waals surface area contributed by atoms with Crippen LogP contribution in [0.15, 0.2) is 12.4 Å². The number of hydrogen-bond acceptors (Lipinski definition) is 3. The lowest BCUT2D eigenvalue weighted by atomic mass is 10.2. The molecule has 1 aromatic rings. The molecule has 1 amide bonds. The van der Waals surface area contributed by atoms with Crippen LogP contribution in [0.4, 0.5) is 0 Å². The summed E-state index contributed by atoms with van der Waals surface area (Å²) < 4.78 is 1.96. The van der Waals surface area contributed by atoms with Gasteiger partial charge in [0.2, 0.25) is 5.91 Å². The summed E-state index contributed by atoms with van der Waals surface area (Å²) in [5.41, 5.74) is 0.